The topological polar surface area (TPSA) is 34.1 Å². The fraction of sp³-hybridized carbons (Fsp3) is 0.375. The van der Waals surface area contributed by atoms with Gasteiger partial charge in [0.15, 0.2) is 11.6 Å². The quantitative estimate of drug-likeness (QED) is 0.697. The Kier molecular flexibility index (Phi) is 2.47. The second-order valence-corrected chi connectivity index (χ2v) is 5.28. The number of benzene rings is 1. The predicted molar refractivity (Wildman–Crippen MR) is 70.1 cm³/mol. The lowest BCUT2D eigenvalue weighted by molar-refractivity contribution is 0.0974. The molecule has 0 unspecified atom stereocenters. The third kappa shape index (κ3) is 1.48. The number of hydrogen-bond donors (Lipinski definition) is 0. The lowest BCUT2D eigenvalue weighted by atomic mass is 9.80. The Morgan fingerprint density at radius 1 is 0.778 bits per heavy atom. The van der Waals surface area contributed by atoms with E-state index in [0.29, 0.717) is 22.3 Å². The summed E-state index contributed by atoms with van der Waals surface area (Å²) in [6.07, 6.45) is 4.43. The molecule has 0 N–H and O–H groups in total. The molecular weight excluding hydrogens is 224 g/mol. The van der Waals surface area contributed by atoms with Crippen molar-refractivity contribution in [2.45, 2.75) is 39.5 Å². The molecule has 0 atom stereocenters. The van der Waals surface area contributed by atoms with E-state index in [1.807, 2.05) is 12.1 Å². The van der Waals surface area contributed by atoms with Crippen LogP contribution in [0.1, 0.15) is 58.5 Å². The highest BCUT2D eigenvalue weighted by Gasteiger charge is 2.29. The standard InChI is InChI=1S/C16H16O2/c1-9-10(2)16(18)14-8-12-6-4-3-5-11(12)7-13(14)15(9)17/h7-8H,3-6H2,1-2H3. The summed E-state index contributed by atoms with van der Waals surface area (Å²) in [4.78, 5) is 24.5. The van der Waals surface area contributed by atoms with Gasteiger partial charge in [0.2, 0.25) is 0 Å². The average molecular weight is 240 g/mol. The van der Waals surface area contributed by atoms with Gasteiger partial charge in [-0.25, -0.2) is 0 Å². The predicted octanol–water partition coefficient (Wildman–Crippen LogP) is 3.28. The number of rotatable bonds is 0. The number of hydrogen-bond acceptors (Lipinski definition) is 2. The molecule has 0 amide bonds. The minimum Gasteiger partial charge on any atom is -0.289 e. The maximum atomic E-state index is 12.2. The van der Waals surface area contributed by atoms with Crippen LogP contribution in [0.3, 0.4) is 0 Å². The van der Waals surface area contributed by atoms with Gasteiger partial charge in [0, 0.05) is 22.3 Å². The first kappa shape index (κ1) is 11.4. The molecule has 1 aromatic carbocycles. The largest absolute Gasteiger partial charge is 0.289 e. The molecule has 0 heterocycles. The van der Waals surface area contributed by atoms with Gasteiger partial charge in [-0.15, -0.1) is 0 Å². The van der Waals surface area contributed by atoms with Crippen molar-refractivity contribution in [1.82, 2.24) is 0 Å². The molecular formula is C16H16O2. The summed E-state index contributed by atoms with van der Waals surface area (Å²) in [5.41, 5.74) is 4.95. The normalized spacial score (nSPS) is 18.8. The zero-order chi connectivity index (χ0) is 12.9. The van der Waals surface area contributed by atoms with Crippen molar-refractivity contribution in [1.29, 1.82) is 0 Å². The molecule has 2 aliphatic rings. The van der Waals surface area contributed by atoms with E-state index in [2.05, 4.69) is 0 Å². The first-order chi connectivity index (χ1) is 8.59. The van der Waals surface area contributed by atoms with Crippen LogP contribution in [-0.4, -0.2) is 11.6 Å². The Bertz CT molecular complexity index is 553. The highest BCUT2D eigenvalue weighted by molar-refractivity contribution is 6.26. The zero-order valence-corrected chi connectivity index (χ0v) is 10.8. The first-order valence-corrected chi connectivity index (χ1v) is 6.52. The number of allylic oxidation sites excluding steroid dienone is 2. The lowest BCUT2D eigenvalue weighted by Gasteiger charge is -2.22. The molecule has 0 aromatic heterocycles. The fourth-order valence-corrected chi connectivity index (χ4v) is 2.91. The van der Waals surface area contributed by atoms with Gasteiger partial charge in [-0.05, 0) is 62.8 Å². The number of aryl methyl sites for hydroxylation is 2. The van der Waals surface area contributed by atoms with Crippen LogP contribution in [0, 0.1) is 0 Å². The van der Waals surface area contributed by atoms with Crippen molar-refractivity contribution >= 4 is 11.6 Å². The smallest absolute Gasteiger partial charge is 0.189 e. The van der Waals surface area contributed by atoms with Crippen molar-refractivity contribution in [3.8, 4) is 0 Å². The molecule has 3 rings (SSSR count). The lowest BCUT2D eigenvalue weighted by Crippen LogP contribution is -2.21. The minimum absolute atomic E-state index is 0.0236. The van der Waals surface area contributed by atoms with Crippen LogP contribution in [0.5, 0.6) is 0 Å². The molecule has 0 saturated heterocycles. The van der Waals surface area contributed by atoms with Gasteiger partial charge >= 0.3 is 0 Å². The van der Waals surface area contributed by atoms with Gasteiger partial charge in [-0.2, -0.15) is 0 Å². The van der Waals surface area contributed by atoms with E-state index < -0.39 is 0 Å². The van der Waals surface area contributed by atoms with Crippen molar-refractivity contribution in [3.05, 3.63) is 45.5 Å². The summed E-state index contributed by atoms with van der Waals surface area (Å²) in [6, 6.07) is 3.92. The maximum Gasteiger partial charge on any atom is 0.189 e. The van der Waals surface area contributed by atoms with E-state index in [0.717, 1.165) is 12.8 Å². The number of ketones is 2. The van der Waals surface area contributed by atoms with Crippen molar-refractivity contribution < 1.29 is 9.59 Å². The third-order valence-corrected chi connectivity index (χ3v) is 4.21. The van der Waals surface area contributed by atoms with Gasteiger partial charge in [-0.1, -0.05) is 0 Å². The summed E-state index contributed by atoms with van der Waals surface area (Å²) in [6.45, 7) is 3.50. The van der Waals surface area contributed by atoms with E-state index >= 15 is 0 Å². The fourth-order valence-electron chi connectivity index (χ4n) is 2.91. The molecule has 2 heteroatoms. The summed E-state index contributed by atoms with van der Waals surface area (Å²) in [7, 11) is 0. The van der Waals surface area contributed by atoms with Crippen LogP contribution in [-0.2, 0) is 12.8 Å². The van der Waals surface area contributed by atoms with Gasteiger partial charge < -0.3 is 0 Å². The molecule has 2 aliphatic carbocycles. The van der Waals surface area contributed by atoms with Crippen molar-refractivity contribution in [3.63, 3.8) is 0 Å². The van der Waals surface area contributed by atoms with Gasteiger partial charge in [0.1, 0.15) is 0 Å². The molecule has 0 radical (unpaired) electrons. The van der Waals surface area contributed by atoms with E-state index in [4.69, 9.17) is 0 Å². The Hall–Kier alpha value is -1.70. The Morgan fingerprint density at radius 2 is 1.17 bits per heavy atom. The molecule has 18 heavy (non-hydrogen) atoms. The highest BCUT2D eigenvalue weighted by Crippen LogP contribution is 2.31. The summed E-state index contributed by atoms with van der Waals surface area (Å²) in [5.74, 6) is 0.0472. The second kappa shape index (κ2) is 3.91. The van der Waals surface area contributed by atoms with Crippen LogP contribution in [0.4, 0.5) is 0 Å². The molecule has 1 aromatic rings. The van der Waals surface area contributed by atoms with Gasteiger partial charge in [-0.3, -0.25) is 9.59 Å². The monoisotopic (exact) mass is 240 g/mol. The average Bonchev–Trinajstić information content (AvgIpc) is 2.41. The summed E-state index contributed by atoms with van der Waals surface area (Å²) >= 11 is 0. The second-order valence-electron chi connectivity index (χ2n) is 5.28. The Morgan fingerprint density at radius 3 is 1.56 bits per heavy atom. The van der Waals surface area contributed by atoms with Crippen molar-refractivity contribution in [2.24, 2.45) is 0 Å². The molecule has 2 nitrogen and oxygen atoms in total. The molecule has 92 valence electrons. The Balaban J connectivity index is 2.23. The van der Waals surface area contributed by atoms with E-state index in [9.17, 15) is 9.59 Å². The van der Waals surface area contributed by atoms with Crippen LogP contribution >= 0.6 is 0 Å². The number of fused-ring (bicyclic) bond motifs is 2. The number of carbonyl (C=O) groups excluding carboxylic acids is 2. The molecule has 0 bridgehead atoms. The number of Topliss-reactive ketones (excluding diaryl/α,β-unsaturated/α-hetero) is 2. The zero-order valence-electron chi connectivity index (χ0n) is 10.8. The van der Waals surface area contributed by atoms with E-state index in [1.54, 1.807) is 13.8 Å². The number of carbonyl (C=O) groups is 2. The Labute approximate surface area is 107 Å². The van der Waals surface area contributed by atoms with Crippen LogP contribution in [0.2, 0.25) is 0 Å². The summed E-state index contributed by atoms with van der Waals surface area (Å²) in [5, 5.41) is 0. The van der Waals surface area contributed by atoms with Crippen LogP contribution < -0.4 is 0 Å². The molecule has 0 aliphatic heterocycles. The van der Waals surface area contributed by atoms with Gasteiger partial charge in [0.05, 0.1) is 0 Å². The van der Waals surface area contributed by atoms with Crippen LogP contribution in [0.15, 0.2) is 23.3 Å². The highest BCUT2D eigenvalue weighted by atomic mass is 16.1. The summed E-state index contributed by atoms with van der Waals surface area (Å²) < 4.78 is 0. The maximum absolute atomic E-state index is 12.2. The molecule has 0 spiro atoms. The third-order valence-electron chi connectivity index (χ3n) is 4.21. The van der Waals surface area contributed by atoms with Crippen LogP contribution in [0.25, 0.3) is 0 Å². The van der Waals surface area contributed by atoms with Gasteiger partial charge in [0.25, 0.3) is 0 Å². The van der Waals surface area contributed by atoms with Crippen molar-refractivity contribution in [2.75, 3.05) is 0 Å². The SMILES string of the molecule is CC1=C(C)C(=O)c2cc3c(cc2C1=O)CCCC3. The minimum atomic E-state index is 0.0236. The molecule has 0 saturated carbocycles. The van der Waals surface area contributed by atoms with E-state index in [1.165, 1.54) is 24.0 Å². The first-order valence-electron chi connectivity index (χ1n) is 6.52. The van der Waals surface area contributed by atoms with E-state index in [-0.39, 0.29) is 11.6 Å². The molecule has 0 fully saturated rings.